The van der Waals surface area contributed by atoms with E-state index in [1.165, 1.54) is 18.0 Å². The highest BCUT2D eigenvalue weighted by Crippen LogP contribution is 2.29. The van der Waals surface area contributed by atoms with Gasteiger partial charge in [0.25, 0.3) is 5.91 Å². The van der Waals surface area contributed by atoms with Gasteiger partial charge in [0.1, 0.15) is 11.6 Å². The number of hydrogen-bond donors (Lipinski definition) is 1. The summed E-state index contributed by atoms with van der Waals surface area (Å²) >= 11 is 0. The van der Waals surface area contributed by atoms with Crippen molar-refractivity contribution in [2.24, 2.45) is 0 Å². The van der Waals surface area contributed by atoms with E-state index in [0.29, 0.717) is 18.0 Å². The van der Waals surface area contributed by atoms with Crippen molar-refractivity contribution in [3.8, 4) is 5.75 Å². The molecule has 162 valence electrons. The summed E-state index contributed by atoms with van der Waals surface area (Å²) in [6.07, 6.45) is 4.62. The number of sulfonamides is 1. The molecule has 1 amide bonds. The first-order valence-electron chi connectivity index (χ1n) is 10.1. The summed E-state index contributed by atoms with van der Waals surface area (Å²) in [5, 5.41) is 0. The smallest absolute Gasteiger partial charge is 0.261 e. The number of amides is 1. The van der Waals surface area contributed by atoms with E-state index in [-0.39, 0.29) is 16.5 Å². The zero-order chi connectivity index (χ0) is 21.7. The maximum Gasteiger partial charge on any atom is 0.261 e. The van der Waals surface area contributed by atoms with Crippen LogP contribution < -0.4 is 14.4 Å². The number of hydrogen-bond acceptors (Lipinski definition) is 4. The lowest BCUT2D eigenvalue weighted by Crippen LogP contribution is -2.36. The molecule has 1 N–H and O–H groups in total. The zero-order valence-corrected chi connectivity index (χ0v) is 18.0. The van der Waals surface area contributed by atoms with E-state index < -0.39 is 21.7 Å². The second-order valence-electron chi connectivity index (χ2n) is 7.36. The Morgan fingerprint density at radius 2 is 1.87 bits per heavy atom. The minimum Gasteiger partial charge on any atom is -0.492 e. The van der Waals surface area contributed by atoms with Crippen LogP contribution in [-0.4, -0.2) is 34.0 Å². The summed E-state index contributed by atoms with van der Waals surface area (Å²) < 4.78 is 48.3. The Bertz CT molecular complexity index is 1000. The Morgan fingerprint density at radius 3 is 2.57 bits per heavy atom. The number of anilines is 1. The molecule has 0 heterocycles. The SMILES string of the molecule is CCOc1ccccc1N(C)C(=O)c1cc(S(=O)(=O)NC2CCCCC2)ccc1F. The lowest BCUT2D eigenvalue weighted by Gasteiger charge is -2.23. The van der Waals surface area contributed by atoms with Gasteiger partial charge in [-0.2, -0.15) is 0 Å². The summed E-state index contributed by atoms with van der Waals surface area (Å²) in [5.74, 6) is -0.953. The molecule has 1 fully saturated rings. The van der Waals surface area contributed by atoms with E-state index in [1.807, 2.05) is 6.92 Å². The quantitative estimate of drug-likeness (QED) is 0.712. The number of ether oxygens (including phenoxy) is 1. The molecule has 2 aromatic carbocycles. The van der Waals surface area contributed by atoms with Gasteiger partial charge in [-0.25, -0.2) is 17.5 Å². The van der Waals surface area contributed by atoms with Crippen molar-refractivity contribution in [1.82, 2.24) is 4.72 Å². The Labute approximate surface area is 177 Å². The first-order valence-corrected chi connectivity index (χ1v) is 11.6. The Morgan fingerprint density at radius 1 is 1.17 bits per heavy atom. The Hall–Kier alpha value is -2.45. The van der Waals surface area contributed by atoms with Crippen molar-refractivity contribution in [2.75, 3.05) is 18.6 Å². The number of carbonyl (C=O) groups excluding carboxylic acids is 1. The molecule has 8 heteroatoms. The topological polar surface area (TPSA) is 75.7 Å². The number of rotatable bonds is 7. The number of para-hydroxylation sites is 2. The third-order valence-electron chi connectivity index (χ3n) is 5.24. The number of nitrogens with one attached hydrogen (secondary N) is 1. The molecule has 1 saturated carbocycles. The van der Waals surface area contributed by atoms with E-state index in [2.05, 4.69) is 4.72 Å². The van der Waals surface area contributed by atoms with Crippen molar-refractivity contribution in [3.05, 3.63) is 53.8 Å². The first kappa shape index (κ1) is 22.2. The van der Waals surface area contributed by atoms with Gasteiger partial charge in [-0.3, -0.25) is 4.79 Å². The lowest BCUT2D eigenvalue weighted by molar-refractivity contribution is 0.0988. The summed E-state index contributed by atoms with van der Waals surface area (Å²) in [5.41, 5.74) is 0.160. The molecule has 0 unspecified atom stereocenters. The van der Waals surface area contributed by atoms with E-state index in [4.69, 9.17) is 4.74 Å². The number of nitrogens with zero attached hydrogens (tertiary/aromatic N) is 1. The van der Waals surface area contributed by atoms with E-state index in [1.54, 1.807) is 24.3 Å². The van der Waals surface area contributed by atoms with Gasteiger partial charge in [0, 0.05) is 13.1 Å². The van der Waals surface area contributed by atoms with E-state index in [0.717, 1.165) is 44.2 Å². The fraction of sp³-hybridized carbons (Fsp3) is 0.409. The highest BCUT2D eigenvalue weighted by atomic mass is 32.2. The maximum atomic E-state index is 14.5. The average molecular weight is 435 g/mol. The van der Waals surface area contributed by atoms with Gasteiger partial charge in [0.05, 0.1) is 22.8 Å². The second kappa shape index (κ2) is 9.57. The second-order valence-corrected chi connectivity index (χ2v) is 9.08. The van der Waals surface area contributed by atoms with Crippen LogP contribution in [0.4, 0.5) is 10.1 Å². The molecule has 0 atom stereocenters. The van der Waals surface area contributed by atoms with Crippen molar-refractivity contribution in [2.45, 2.75) is 50.0 Å². The van der Waals surface area contributed by atoms with Crippen LogP contribution in [0.5, 0.6) is 5.75 Å². The largest absolute Gasteiger partial charge is 0.492 e. The van der Waals surface area contributed by atoms with Gasteiger partial charge in [0.2, 0.25) is 10.0 Å². The van der Waals surface area contributed by atoms with Gasteiger partial charge in [0.15, 0.2) is 0 Å². The summed E-state index contributed by atoms with van der Waals surface area (Å²) in [4.78, 5) is 14.1. The lowest BCUT2D eigenvalue weighted by atomic mass is 9.96. The molecule has 0 spiro atoms. The monoisotopic (exact) mass is 434 g/mol. The van der Waals surface area contributed by atoms with Crippen molar-refractivity contribution < 1.29 is 22.3 Å². The van der Waals surface area contributed by atoms with Gasteiger partial charge < -0.3 is 9.64 Å². The van der Waals surface area contributed by atoms with Crippen molar-refractivity contribution in [3.63, 3.8) is 0 Å². The van der Waals surface area contributed by atoms with Crippen LogP contribution in [0.1, 0.15) is 49.4 Å². The van der Waals surface area contributed by atoms with Gasteiger partial charge in [-0.1, -0.05) is 31.4 Å². The highest BCUT2D eigenvalue weighted by molar-refractivity contribution is 7.89. The minimum atomic E-state index is -3.85. The molecule has 0 aromatic heterocycles. The van der Waals surface area contributed by atoms with E-state index >= 15 is 0 Å². The molecule has 30 heavy (non-hydrogen) atoms. The van der Waals surface area contributed by atoms with Crippen molar-refractivity contribution >= 4 is 21.6 Å². The molecule has 1 aliphatic rings. The third kappa shape index (κ3) is 4.99. The zero-order valence-electron chi connectivity index (χ0n) is 17.2. The fourth-order valence-electron chi connectivity index (χ4n) is 3.65. The van der Waals surface area contributed by atoms with Crippen molar-refractivity contribution in [1.29, 1.82) is 0 Å². The maximum absolute atomic E-state index is 14.5. The Balaban J connectivity index is 1.88. The molecule has 0 saturated heterocycles. The molecule has 6 nitrogen and oxygen atoms in total. The third-order valence-corrected chi connectivity index (χ3v) is 6.75. The van der Waals surface area contributed by atoms with Crippen LogP contribution in [0.25, 0.3) is 0 Å². The van der Waals surface area contributed by atoms with Crippen LogP contribution in [-0.2, 0) is 10.0 Å². The predicted molar refractivity (Wildman–Crippen MR) is 114 cm³/mol. The molecule has 0 aliphatic heterocycles. The molecular weight excluding hydrogens is 407 g/mol. The van der Waals surface area contributed by atoms with E-state index in [9.17, 15) is 17.6 Å². The fourth-order valence-corrected chi connectivity index (χ4v) is 4.98. The summed E-state index contributed by atoms with van der Waals surface area (Å²) in [7, 11) is -2.35. The normalized spacial score (nSPS) is 15.0. The van der Waals surface area contributed by atoms with Crippen LogP contribution in [0.2, 0.25) is 0 Å². The van der Waals surface area contributed by atoms with Gasteiger partial charge in [-0.15, -0.1) is 0 Å². The van der Waals surface area contributed by atoms with Crippen LogP contribution >= 0.6 is 0 Å². The highest BCUT2D eigenvalue weighted by Gasteiger charge is 2.26. The molecule has 0 radical (unpaired) electrons. The standard InChI is InChI=1S/C22H27FN2O4S/c1-3-29-21-12-8-7-11-20(21)25(2)22(26)18-15-17(13-14-19(18)23)30(27,28)24-16-9-5-4-6-10-16/h7-8,11-16,24H,3-6,9-10H2,1-2H3. The molecule has 3 rings (SSSR count). The summed E-state index contributed by atoms with van der Waals surface area (Å²) in [6, 6.07) is 10.1. The number of carbonyl (C=O) groups is 1. The molecule has 1 aliphatic carbocycles. The number of benzene rings is 2. The predicted octanol–water partition coefficient (Wildman–Crippen LogP) is 4.11. The van der Waals surface area contributed by atoms with Gasteiger partial charge >= 0.3 is 0 Å². The van der Waals surface area contributed by atoms with Gasteiger partial charge in [-0.05, 0) is 50.1 Å². The number of halogens is 1. The average Bonchev–Trinajstić information content (AvgIpc) is 2.74. The summed E-state index contributed by atoms with van der Waals surface area (Å²) in [6.45, 7) is 2.24. The minimum absolute atomic E-state index is 0.121. The van der Waals surface area contributed by atoms with Crippen LogP contribution in [0, 0.1) is 5.82 Å². The molecule has 0 bridgehead atoms. The molecular formula is C22H27FN2O4S. The molecule has 2 aromatic rings. The van der Waals surface area contributed by atoms with Crippen LogP contribution in [0.15, 0.2) is 47.4 Å². The first-order chi connectivity index (χ1) is 14.3. The Kier molecular flexibility index (Phi) is 7.10. The van der Waals surface area contributed by atoms with Crippen LogP contribution in [0.3, 0.4) is 0 Å².